The van der Waals surface area contributed by atoms with E-state index >= 15 is 0 Å². The maximum absolute atomic E-state index is 13.5. The van der Waals surface area contributed by atoms with Gasteiger partial charge in [0.25, 0.3) is 11.8 Å². The van der Waals surface area contributed by atoms with Crippen LogP contribution in [0, 0.1) is 6.92 Å². The first-order chi connectivity index (χ1) is 20.2. The quantitative estimate of drug-likeness (QED) is 0.122. The van der Waals surface area contributed by atoms with Crippen molar-refractivity contribution >= 4 is 51.8 Å². The molecule has 8 heteroatoms. The van der Waals surface area contributed by atoms with Crippen LogP contribution in [-0.4, -0.2) is 34.7 Å². The third kappa shape index (κ3) is 4.84. The molecule has 0 N–H and O–H groups in total. The largest absolute Gasteiger partial charge is 0.451 e. The molecule has 0 bridgehead atoms. The number of carbonyl (C=O) groups is 4. The number of aryl methyl sites for hydroxylation is 1. The van der Waals surface area contributed by atoms with Crippen LogP contribution in [-0.2, 0) is 4.74 Å². The monoisotopic (exact) mass is 574 g/mol. The molecule has 7 nitrogen and oxygen atoms in total. The van der Waals surface area contributed by atoms with E-state index in [0.29, 0.717) is 49.6 Å². The van der Waals surface area contributed by atoms with Crippen LogP contribution in [0.5, 0.6) is 0 Å². The predicted molar refractivity (Wildman–Crippen MR) is 160 cm³/mol. The van der Waals surface area contributed by atoms with Crippen molar-refractivity contribution in [3.8, 4) is 11.3 Å². The van der Waals surface area contributed by atoms with Crippen molar-refractivity contribution < 1.29 is 23.9 Å². The van der Waals surface area contributed by atoms with Crippen molar-refractivity contribution in [1.29, 1.82) is 0 Å². The molecule has 2 heterocycles. The molecule has 1 atom stereocenters. The number of carbonyl (C=O) groups excluding carboxylic acids is 4. The van der Waals surface area contributed by atoms with Gasteiger partial charge in [-0.3, -0.25) is 14.4 Å². The Bertz CT molecular complexity index is 1900. The van der Waals surface area contributed by atoms with Gasteiger partial charge in [0.2, 0.25) is 5.78 Å². The van der Waals surface area contributed by atoms with Gasteiger partial charge in [-0.25, -0.2) is 14.7 Å². The number of hydrogen-bond donors (Lipinski definition) is 0. The van der Waals surface area contributed by atoms with E-state index in [1.54, 1.807) is 72.8 Å². The first kappa shape index (κ1) is 27.1. The smallest absolute Gasteiger partial charge is 0.339 e. The minimum Gasteiger partial charge on any atom is -0.451 e. The highest BCUT2D eigenvalue weighted by Crippen LogP contribution is 2.31. The second-order valence-electron chi connectivity index (χ2n) is 10.0. The minimum atomic E-state index is -1.05. The van der Waals surface area contributed by atoms with Gasteiger partial charge in [-0.2, -0.15) is 0 Å². The summed E-state index contributed by atoms with van der Waals surface area (Å²) >= 11 is 6.03. The van der Waals surface area contributed by atoms with E-state index in [1.165, 1.54) is 13.0 Å². The van der Waals surface area contributed by atoms with E-state index in [1.807, 2.05) is 25.1 Å². The van der Waals surface area contributed by atoms with Gasteiger partial charge in [-0.15, -0.1) is 0 Å². The Morgan fingerprint density at radius 3 is 2.19 bits per heavy atom. The summed E-state index contributed by atoms with van der Waals surface area (Å²) in [6.45, 7) is 3.43. The topological polar surface area (TPSA) is 93.6 Å². The average Bonchev–Trinajstić information content (AvgIpc) is 3.25. The lowest BCUT2D eigenvalue weighted by Crippen LogP contribution is -2.29. The zero-order valence-corrected chi connectivity index (χ0v) is 23.4. The number of anilines is 1. The van der Waals surface area contributed by atoms with Gasteiger partial charge >= 0.3 is 5.97 Å². The zero-order chi connectivity index (χ0) is 29.5. The number of fused-ring (bicyclic) bond motifs is 2. The van der Waals surface area contributed by atoms with Crippen molar-refractivity contribution in [2.24, 2.45) is 0 Å². The summed E-state index contributed by atoms with van der Waals surface area (Å²) in [5.41, 5.74) is 4.41. The fourth-order valence-corrected chi connectivity index (χ4v) is 5.21. The normalized spacial score (nSPS) is 13.3. The van der Waals surface area contributed by atoms with Gasteiger partial charge in [0.05, 0.1) is 33.6 Å². The Hall–Kier alpha value is -5.14. The Morgan fingerprint density at radius 2 is 1.52 bits per heavy atom. The fourth-order valence-electron chi connectivity index (χ4n) is 5.02. The standard InChI is InChI=1S/C34H23ClN2O5/c1-19-10-15-29-27(16-19)28(34(41)42-20(2)31(38)22-6-5-7-23(35)17-22)18-30(36-29)21-11-13-24(14-12-21)37-32(39)25-8-3-4-9-26(25)33(37)40/h3-18,20H,1-2H3. The summed E-state index contributed by atoms with van der Waals surface area (Å²) in [6.07, 6.45) is -1.05. The summed E-state index contributed by atoms with van der Waals surface area (Å²) in [5, 5.41) is 1.00. The van der Waals surface area contributed by atoms with E-state index in [2.05, 4.69) is 0 Å². The number of esters is 1. The molecule has 1 aliphatic heterocycles. The molecule has 5 aromatic rings. The van der Waals surface area contributed by atoms with Crippen LogP contribution in [0.1, 0.15) is 53.9 Å². The second-order valence-corrected chi connectivity index (χ2v) is 10.5. The van der Waals surface area contributed by atoms with Crippen molar-refractivity contribution in [3.63, 3.8) is 0 Å². The third-order valence-electron chi connectivity index (χ3n) is 7.16. The van der Waals surface area contributed by atoms with Crippen LogP contribution in [0.2, 0.25) is 5.02 Å². The number of Topliss-reactive ketones (excluding diaryl/α,β-unsaturated/α-hetero) is 1. The number of benzene rings is 4. The van der Waals surface area contributed by atoms with Crippen molar-refractivity contribution in [1.82, 2.24) is 4.98 Å². The summed E-state index contributed by atoms with van der Waals surface area (Å²) in [4.78, 5) is 58.1. The summed E-state index contributed by atoms with van der Waals surface area (Å²) in [5.74, 6) is -1.80. The third-order valence-corrected chi connectivity index (χ3v) is 7.40. The van der Waals surface area contributed by atoms with Crippen LogP contribution in [0.3, 0.4) is 0 Å². The van der Waals surface area contributed by atoms with Gasteiger partial charge in [0.1, 0.15) is 0 Å². The molecule has 206 valence electrons. The van der Waals surface area contributed by atoms with Crippen molar-refractivity contribution in [2.75, 3.05) is 4.90 Å². The molecular formula is C34H23ClN2O5. The first-order valence-electron chi connectivity index (χ1n) is 13.2. The summed E-state index contributed by atoms with van der Waals surface area (Å²) in [7, 11) is 0. The number of rotatable bonds is 6. The number of imide groups is 1. The number of ether oxygens (including phenoxy) is 1. The number of nitrogens with zero attached hydrogens (tertiary/aromatic N) is 2. The highest BCUT2D eigenvalue weighted by atomic mass is 35.5. The highest BCUT2D eigenvalue weighted by Gasteiger charge is 2.36. The molecule has 0 spiro atoms. The molecule has 4 aromatic carbocycles. The molecule has 0 saturated heterocycles. The number of hydrogen-bond acceptors (Lipinski definition) is 6. The van der Waals surface area contributed by atoms with Crippen LogP contribution in [0.4, 0.5) is 5.69 Å². The van der Waals surface area contributed by atoms with E-state index in [0.717, 1.165) is 10.5 Å². The van der Waals surface area contributed by atoms with Crippen LogP contribution >= 0.6 is 11.6 Å². The summed E-state index contributed by atoms with van der Waals surface area (Å²) < 4.78 is 5.63. The SMILES string of the molecule is Cc1ccc2nc(-c3ccc(N4C(=O)c5ccccc5C4=O)cc3)cc(C(=O)OC(C)C(=O)c3cccc(Cl)c3)c2c1. The maximum Gasteiger partial charge on any atom is 0.339 e. The Balaban J connectivity index is 1.32. The molecule has 2 amide bonds. The predicted octanol–water partition coefficient (Wildman–Crippen LogP) is 7.09. The Kier molecular flexibility index (Phi) is 6.88. The van der Waals surface area contributed by atoms with Gasteiger partial charge in [-0.05, 0) is 68.4 Å². The summed E-state index contributed by atoms with van der Waals surface area (Å²) in [6, 6.07) is 27.2. The van der Waals surface area contributed by atoms with Crippen LogP contribution < -0.4 is 4.90 Å². The van der Waals surface area contributed by atoms with E-state index in [4.69, 9.17) is 21.3 Å². The average molecular weight is 575 g/mol. The molecular weight excluding hydrogens is 552 g/mol. The van der Waals surface area contributed by atoms with E-state index in [-0.39, 0.29) is 23.2 Å². The zero-order valence-electron chi connectivity index (χ0n) is 22.6. The maximum atomic E-state index is 13.5. The number of amides is 2. The molecule has 0 saturated carbocycles. The van der Waals surface area contributed by atoms with Gasteiger partial charge < -0.3 is 4.74 Å². The Morgan fingerprint density at radius 1 is 0.833 bits per heavy atom. The van der Waals surface area contributed by atoms with Crippen LogP contribution in [0.25, 0.3) is 22.2 Å². The number of pyridine rings is 1. The Labute approximate surface area is 246 Å². The molecule has 0 fully saturated rings. The molecule has 1 aliphatic rings. The fraction of sp³-hybridized carbons (Fsp3) is 0.0882. The van der Waals surface area contributed by atoms with Gasteiger partial charge in [0.15, 0.2) is 6.10 Å². The number of halogens is 1. The lowest BCUT2D eigenvalue weighted by Gasteiger charge is -2.16. The van der Waals surface area contributed by atoms with Crippen molar-refractivity contribution in [3.05, 3.63) is 130 Å². The molecule has 1 aromatic heterocycles. The van der Waals surface area contributed by atoms with E-state index in [9.17, 15) is 19.2 Å². The molecule has 6 rings (SSSR count). The lowest BCUT2D eigenvalue weighted by atomic mass is 10.0. The first-order valence-corrected chi connectivity index (χ1v) is 13.6. The van der Waals surface area contributed by atoms with Crippen molar-refractivity contribution in [2.45, 2.75) is 20.0 Å². The highest BCUT2D eigenvalue weighted by molar-refractivity contribution is 6.34. The molecule has 42 heavy (non-hydrogen) atoms. The van der Waals surface area contributed by atoms with E-state index < -0.39 is 12.1 Å². The molecule has 0 aliphatic carbocycles. The molecule has 0 radical (unpaired) electrons. The minimum absolute atomic E-state index is 0.258. The number of ketones is 1. The lowest BCUT2D eigenvalue weighted by molar-refractivity contribution is 0.0320. The molecule has 1 unspecified atom stereocenters. The van der Waals surface area contributed by atoms with Gasteiger partial charge in [-0.1, -0.05) is 59.6 Å². The van der Waals surface area contributed by atoms with Gasteiger partial charge in [0, 0.05) is 21.5 Å². The van der Waals surface area contributed by atoms with Crippen LogP contribution in [0.15, 0.2) is 97.1 Å². The second kappa shape index (κ2) is 10.7. The number of aromatic nitrogens is 1.